The van der Waals surface area contributed by atoms with E-state index in [4.69, 9.17) is 0 Å². The average Bonchev–Trinajstić information content (AvgIpc) is 2.56. The first-order valence-electron chi connectivity index (χ1n) is 7.68. The van der Waals surface area contributed by atoms with Crippen LogP contribution in [-0.4, -0.2) is 56.5 Å². The maximum Gasteiger partial charge on any atom is 0.0232 e. The molecule has 0 radical (unpaired) electrons. The summed E-state index contributed by atoms with van der Waals surface area (Å²) in [7, 11) is 0. The van der Waals surface area contributed by atoms with Crippen molar-refractivity contribution in [3.05, 3.63) is 50.6 Å². The molecule has 132 valence electrons. The van der Waals surface area contributed by atoms with Gasteiger partial charge in [0.25, 0.3) is 0 Å². The quantitative estimate of drug-likeness (QED) is 0.198. The molecule has 0 N–H and O–H groups in total. The van der Waals surface area contributed by atoms with E-state index in [9.17, 15) is 0 Å². The Morgan fingerprint density at radius 1 is 0.522 bits per heavy atom. The molecule has 0 fully saturated rings. The highest BCUT2D eigenvalue weighted by Gasteiger charge is 2.13. The van der Waals surface area contributed by atoms with E-state index in [1.807, 2.05) is 71.4 Å². The Bertz CT molecular complexity index is 287. The van der Waals surface area contributed by atoms with E-state index in [2.05, 4.69) is 38.1 Å². The predicted molar refractivity (Wildman–Crippen MR) is 125 cm³/mol. The summed E-state index contributed by atoms with van der Waals surface area (Å²) in [6, 6.07) is 0. The monoisotopic (exact) mass is 406 g/mol. The minimum absolute atomic E-state index is 0.703. The van der Waals surface area contributed by atoms with Crippen LogP contribution >= 0.6 is 58.8 Å². The highest BCUT2D eigenvalue weighted by Crippen LogP contribution is 2.25. The molecule has 0 nitrogen and oxygen atoms in total. The minimum Gasteiger partial charge on any atom is -0.160 e. The van der Waals surface area contributed by atoms with E-state index in [1.165, 1.54) is 23.0 Å². The van der Waals surface area contributed by atoms with Crippen LogP contribution in [0.1, 0.15) is 0 Å². The predicted octanol–water partition coefficient (Wildman–Crippen LogP) is 6.13. The third kappa shape index (κ3) is 16.0. The van der Waals surface area contributed by atoms with Crippen LogP contribution in [0.5, 0.6) is 0 Å². The van der Waals surface area contributed by atoms with Gasteiger partial charge in [-0.15, -0.1) is 26.3 Å². The highest BCUT2D eigenvalue weighted by molar-refractivity contribution is 8.07. The van der Waals surface area contributed by atoms with Crippen molar-refractivity contribution in [3.63, 3.8) is 0 Å². The van der Waals surface area contributed by atoms with Gasteiger partial charge in [0.05, 0.1) is 0 Å². The summed E-state index contributed by atoms with van der Waals surface area (Å²) < 4.78 is 0. The lowest BCUT2D eigenvalue weighted by Crippen LogP contribution is -2.16. The van der Waals surface area contributed by atoms with E-state index in [0.717, 1.165) is 23.0 Å². The van der Waals surface area contributed by atoms with Gasteiger partial charge in [-0.25, -0.2) is 0 Å². The number of thioether (sulfide) groups is 5. The third-order valence-electron chi connectivity index (χ3n) is 2.59. The molecule has 0 heterocycles. The Morgan fingerprint density at radius 2 is 0.870 bits per heavy atom. The third-order valence-corrected chi connectivity index (χ3v) is 9.39. The van der Waals surface area contributed by atoms with Crippen LogP contribution in [0.3, 0.4) is 0 Å². The largest absolute Gasteiger partial charge is 0.160 e. The molecule has 0 saturated heterocycles. The zero-order valence-electron chi connectivity index (χ0n) is 14.0. The number of hydrogen-bond acceptors (Lipinski definition) is 5. The van der Waals surface area contributed by atoms with Gasteiger partial charge in [0.15, 0.2) is 0 Å². The molecule has 5 heteroatoms. The summed E-state index contributed by atoms with van der Waals surface area (Å²) in [4.78, 5) is 0. The summed E-state index contributed by atoms with van der Waals surface area (Å²) in [5, 5.41) is 1.41. The second-order valence-electron chi connectivity index (χ2n) is 4.68. The van der Waals surface area contributed by atoms with Gasteiger partial charge in [-0.05, 0) is 0 Å². The fraction of sp³-hybridized carbons (Fsp3) is 0.556. The lowest BCUT2D eigenvalue weighted by molar-refractivity contribution is 1.12. The second-order valence-corrected chi connectivity index (χ2v) is 10.6. The molecule has 0 aliphatic carbocycles. The lowest BCUT2D eigenvalue weighted by Gasteiger charge is -2.18. The van der Waals surface area contributed by atoms with Crippen LogP contribution in [0, 0.1) is 0 Å². The van der Waals surface area contributed by atoms with Gasteiger partial charge in [-0.3, -0.25) is 0 Å². The molecule has 0 rings (SSSR count). The van der Waals surface area contributed by atoms with Gasteiger partial charge in [0.1, 0.15) is 0 Å². The first-order valence-corrected chi connectivity index (χ1v) is 13.2. The van der Waals surface area contributed by atoms with Crippen LogP contribution in [0.4, 0.5) is 0 Å². The molecule has 0 bridgehead atoms. The molecule has 0 aliphatic heterocycles. The number of hydrogen-bond donors (Lipinski definition) is 0. The molecule has 0 aromatic heterocycles. The standard InChI is InChI=1S/C18H30S5/c1-5-9-19-13-17(22-11-7-3)15-21-16-18(23-12-8-4)14-20-10-6-2/h5-8,17-18H,1-4,9-16H2. The van der Waals surface area contributed by atoms with E-state index in [-0.39, 0.29) is 0 Å². The molecule has 0 aliphatic rings. The maximum absolute atomic E-state index is 3.84. The Morgan fingerprint density at radius 3 is 1.22 bits per heavy atom. The highest BCUT2D eigenvalue weighted by atomic mass is 32.2. The SMILES string of the molecule is C=CCSCC(CSCC(CSCC=C)SCC=C)SCC=C. The molecular formula is C18H30S5. The lowest BCUT2D eigenvalue weighted by atomic mass is 10.5. The Labute approximate surface area is 165 Å². The average molecular weight is 407 g/mol. The summed E-state index contributed by atoms with van der Waals surface area (Å²) >= 11 is 10.1. The molecule has 2 unspecified atom stereocenters. The topological polar surface area (TPSA) is 0 Å². The van der Waals surface area contributed by atoms with Gasteiger partial charge in [0.2, 0.25) is 0 Å². The van der Waals surface area contributed by atoms with Crippen molar-refractivity contribution in [1.29, 1.82) is 0 Å². The van der Waals surface area contributed by atoms with Crippen LogP contribution < -0.4 is 0 Å². The van der Waals surface area contributed by atoms with Gasteiger partial charge in [0, 0.05) is 56.5 Å². The summed E-state index contributed by atoms with van der Waals surface area (Å²) in [6.07, 6.45) is 8.00. The van der Waals surface area contributed by atoms with Gasteiger partial charge in [-0.1, -0.05) is 24.3 Å². The van der Waals surface area contributed by atoms with E-state index in [1.54, 1.807) is 0 Å². The molecule has 0 spiro atoms. The number of rotatable bonds is 18. The van der Waals surface area contributed by atoms with Crippen molar-refractivity contribution < 1.29 is 0 Å². The van der Waals surface area contributed by atoms with E-state index >= 15 is 0 Å². The fourth-order valence-corrected chi connectivity index (χ4v) is 7.67. The smallest absolute Gasteiger partial charge is 0.0232 e. The van der Waals surface area contributed by atoms with Crippen molar-refractivity contribution in [2.75, 3.05) is 46.0 Å². The van der Waals surface area contributed by atoms with Crippen molar-refractivity contribution in [2.24, 2.45) is 0 Å². The second kappa shape index (κ2) is 19.0. The fourth-order valence-electron chi connectivity index (χ4n) is 1.59. The Kier molecular flexibility index (Phi) is 19.6. The molecule has 0 aromatic carbocycles. The molecule has 0 saturated carbocycles. The van der Waals surface area contributed by atoms with Crippen molar-refractivity contribution in [2.45, 2.75) is 10.5 Å². The zero-order valence-corrected chi connectivity index (χ0v) is 18.1. The van der Waals surface area contributed by atoms with Gasteiger partial charge in [-0.2, -0.15) is 58.8 Å². The van der Waals surface area contributed by atoms with E-state index < -0.39 is 0 Å². The van der Waals surface area contributed by atoms with Crippen LogP contribution in [-0.2, 0) is 0 Å². The maximum atomic E-state index is 3.84. The van der Waals surface area contributed by atoms with Crippen molar-refractivity contribution in [3.8, 4) is 0 Å². The van der Waals surface area contributed by atoms with Crippen LogP contribution in [0.15, 0.2) is 50.6 Å². The van der Waals surface area contributed by atoms with Gasteiger partial charge >= 0.3 is 0 Å². The molecule has 2 atom stereocenters. The Hall–Kier alpha value is 0.710. The van der Waals surface area contributed by atoms with Crippen molar-refractivity contribution in [1.82, 2.24) is 0 Å². The van der Waals surface area contributed by atoms with Crippen LogP contribution in [0.25, 0.3) is 0 Å². The first kappa shape index (κ1) is 23.7. The van der Waals surface area contributed by atoms with Gasteiger partial charge < -0.3 is 0 Å². The Balaban J connectivity index is 4.12. The molecule has 0 amide bonds. The molecule has 23 heavy (non-hydrogen) atoms. The first-order chi connectivity index (χ1) is 11.3. The normalized spacial score (nSPS) is 13.2. The van der Waals surface area contributed by atoms with Crippen LogP contribution in [0.2, 0.25) is 0 Å². The zero-order chi connectivity index (χ0) is 17.2. The summed E-state index contributed by atoms with van der Waals surface area (Å²) in [5.41, 5.74) is 0. The van der Waals surface area contributed by atoms with E-state index in [0.29, 0.717) is 10.5 Å². The summed E-state index contributed by atoms with van der Waals surface area (Å²) in [6.45, 7) is 15.3. The minimum atomic E-state index is 0.703. The summed E-state index contributed by atoms with van der Waals surface area (Å²) in [5.74, 6) is 9.03. The van der Waals surface area contributed by atoms with Crippen molar-refractivity contribution >= 4 is 58.8 Å². The molecular weight excluding hydrogens is 377 g/mol. The molecule has 0 aromatic rings.